The first-order valence-corrected chi connectivity index (χ1v) is 13.7. The summed E-state index contributed by atoms with van der Waals surface area (Å²) in [5.41, 5.74) is 4.88. The van der Waals surface area contributed by atoms with Gasteiger partial charge in [0.05, 0.1) is 0 Å². The Morgan fingerprint density at radius 2 is 1.65 bits per heavy atom. The van der Waals surface area contributed by atoms with Gasteiger partial charge in [0.25, 0.3) is 0 Å². The Morgan fingerprint density at radius 1 is 1.09 bits per heavy atom. The topological polar surface area (TPSA) is 67.2 Å². The minimum absolute atomic E-state index is 0.0633. The van der Waals surface area contributed by atoms with Crippen molar-refractivity contribution < 1.29 is 31.6 Å². The van der Waals surface area contributed by atoms with E-state index in [9.17, 15) is 0 Å². The van der Waals surface area contributed by atoms with Gasteiger partial charge in [-0.1, -0.05) is 17.7 Å². The molecule has 0 saturated heterocycles. The summed E-state index contributed by atoms with van der Waals surface area (Å²) in [6.07, 6.45) is 4.48. The third kappa shape index (κ3) is 6.87. The zero-order chi connectivity index (χ0) is 17.6. The van der Waals surface area contributed by atoms with Crippen molar-refractivity contribution in [1.29, 1.82) is 0 Å². The number of halogens is 1. The van der Waals surface area contributed by atoms with E-state index in [0.29, 0.717) is 13.0 Å². The SMILES string of the molecule is Cc1cc(C)c(N2C=CN(CCC[Si](O)(O)O)[CH-]2)c(C)c1.[Ag][I]. The Balaban J connectivity index is 0.00000127. The van der Waals surface area contributed by atoms with E-state index in [1.54, 1.807) is 0 Å². The van der Waals surface area contributed by atoms with E-state index in [-0.39, 0.29) is 6.04 Å². The molecule has 0 aliphatic carbocycles. The third-order valence-electron chi connectivity index (χ3n) is 3.51. The predicted molar refractivity (Wildman–Crippen MR) is 99.1 cm³/mol. The van der Waals surface area contributed by atoms with Gasteiger partial charge in [-0.25, -0.2) is 0 Å². The van der Waals surface area contributed by atoms with Gasteiger partial charge in [0.1, 0.15) is 0 Å². The Hall–Kier alpha value is 0.127. The molecular formula is C15H23AgIN2O3Si-. The fourth-order valence-corrected chi connectivity index (χ4v) is 3.37. The van der Waals surface area contributed by atoms with E-state index < -0.39 is 8.80 Å². The van der Waals surface area contributed by atoms with E-state index in [1.165, 1.54) is 22.4 Å². The molecule has 3 N–H and O–H groups in total. The second-order valence-electron chi connectivity index (χ2n) is 5.68. The van der Waals surface area contributed by atoms with Crippen molar-refractivity contribution in [2.24, 2.45) is 0 Å². The molecule has 0 spiro atoms. The van der Waals surface area contributed by atoms with Crippen molar-refractivity contribution in [2.75, 3.05) is 11.4 Å². The molecule has 0 fully saturated rings. The van der Waals surface area contributed by atoms with Crippen molar-refractivity contribution in [3.63, 3.8) is 0 Å². The fourth-order valence-electron chi connectivity index (χ4n) is 2.74. The summed E-state index contributed by atoms with van der Waals surface area (Å²) in [6.45, 7) is 8.92. The van der Waals surface area contributed by atoms with Gasteiger partial charge in [-0.05, 0) is 57.3 Å². The summed E-state index contributed by atoms with van der Waals surface area (Å²) < 4.78 is 0. The van der Waals surface area contributed by atoms with Gasteiger partial charge < -0.3 is 24.2 Å². The standard InChI is InChI=1S/C15H23N2O3Si.Ag.HI/c1-12-9-13(2)15(14(3)10-12)17-7-6-16(11-17)5-4-8-21(18,19)20;;/h6-7,9-11,18-20H,4-5,8H2,1-3H3;;1H/q-1;+1;/p-1. The van der Waals surface area contributed by atoms with E-state index >= 15 is 0 Å². The third-order valence-corrected chi connectivity index (χ3v) is 4.54. The van der Waals surface area contributed by atoms with E-state index in [0.717, 1.165) is 0 Å². The average Bonchev–Trinajstić information content (AvgIpc) is 2.87. The van der Waals surface area contributed by atoms with Gasteiger partial charge >= 0.3 is 45.1 Å². The quantitative estimate of drug-likeness (QED) is 0.304. The molecule has 1 aliphatic heterocycles. The summed E-state index contributed by atoms with van der Waals surface area (Å²) in [5, 5.41) is 0. The van der Waals surface area contributed by atoms with Crippen molar-refractivity contribution in [1.82, 2.24) is 4.90 Å². The summed E-state index contributed by atoms with van der Waals surface area (Å²) in [7, 11) is -3.91. The number of hydrogen-bond acceptors (Lipinski definition) is 5. The molecular weight excluding hydrogens is 519 g/mol. The van der Waals surface area contributed by atoms with Crippen LogP contribution in [-0.2, 0) is 17.3 Å². The van der Waals surface area contributed by atoms with Crippen LogP contribution in [0, 0.1) is 27.4 Å². The molecule has 1 heterocycles. The Bertz CT molecular complexity index is 529. The van der Waals surface area contributed by atoms with Crippen LogP contribution in [0.2, 0.25) is 6.04 Å². The molecule has 23 heavy (non-hydrogen) atoms. The van der Waals surface area contributed by atoms with Crippen LogP contribution in [0.1, 0.15) is 23.1 Å². The molecule has 134 valence electrons. The number of benzene rings is 1. The van der Waals surface area contributed by atoms with Gasteiger partial charge in [-0.15, -0.1) is 0 Å². The molecule has 1 aromatic carbocycles. The number of nitrogens with zero attached hydrogens (tertiary/aromatic N) is 2. The van der Waals surface area contributed by atoms with Gasteiger partial charge in [0.2, 0.25) is 0 Å². The second kappa shape index (κ2) is 9.57. The number of hydrogen-bond donors (Lipinski definition) is 3. The van der Waals surface area contributed by atoms with Crippen LogP contribution in [0.25, 0.3) is 0 Å². The molecule has 0 unspecified atom stereocenters. The maximum atomic E-state index is 9.01. The summed E-state index contributed by atoms with van der Waals surface area (Å²) in [5.74, 6) is 0. The van der Waals surface area contributed by atoms with E-state index in [1.807, 2.05) is 43.0 Å². The van der Waals surface area contributed by atoms with Crippen molar-refractivity contribution in [3.8, 4) is 0 Å². The van der Waals surface area contributed by atoms with Crippen LogP contribution >= 0.6 is 19.0 Å². The molecule has 1 aliphatic rings. The van der Waals surface area contributed by atoms with Crippen molar-refractivity contribution >= 4 is 33.5 Å². The number of rotatable bonds is 5. The molecule has 0 aromatic heterocycles. The molecule has 2 rings (SSSR count). The average molecular weight is 542 g/mol. The summed E-state index contributed by atoms with van der Waals surface area (Å²) in [4.78, 5) is 31.1. The van der Waals surface area contributed by atoms with E-state index in [4.69, 9.17) is 14.4 Å². The predicted octanol–water partition coefficient (Wildman–Crippen LogP) is 2.51. The molecule has 5 nitrogen and oxygen atoms in total. The normalized spacial score (nSPS) is 14.1. The van der Waals surface area contributed by atoms with Crippen molar-refractivity contribution in [2.45, 2.75) is 33.2 Å². The van der Waals surface area contributed by atoms with E-state index in [2.05, 4.69) is 55.1 Å². The zero-order valence-corrected chi connectivity index (χ0v) is 18.1. The first-order valence-electron chi connectivity index (χ1n) is 7.20. The Labute approximate surface area is 161 Å². The summed E-state index contributed by atoms with van der Waals surface area (Å²) >= 11 is 4.88. The molecule has 0 atom stereocenters. The summed E-state index contributed by atoms with van der Waals surface area (Å²) in [6, 6.07) is 4.39. The maximum absolute atomic E-state index is 9.01. The first-order chi connectivity index (χ1) is 10.8. The van der Waals surface area contributed by atoms with Crippen molar-refractivity contribution in [3.05, 3.63) is 47.9 Å². The monoisotopic (exact) mass is 541 g/mol. The fraction of sp³-hybridized carbons (Fsp3) is 0.400. The van der Waals surface area contributed by atoms with Crippen LogP contribution < -0.4 is 4.90 Å². The van der Waals surface area contributed by atoms with Gasteiger partial charge in [-0.2, -0.15) is 6.67 Å². The second-order valence-corrected chi connectivity index (χ2v) is 7.73. The first kappa shape index (κ1) is 21.2. The molecule has 0 amide bonds. The van der Waals surface area contributed by atoms with Gasteiger partial charge in [0, 0.05) is 11.7 Å². The zero-order valence-electron chi connectivity index (χ0n) is 13.4. The van der Waals surface area contributed by atoms with Gasteiger partial charge in [-0.3, -0.25) is 0 Å². The molecule has 8 heteroatoms. The van der Waals surface area contributed by atoms with Crippen LogP contribution in [0.4, 0.5) is 5.69 Å². The van der Waals surface area contributed by atoms with Crippen LogP contribution in [-0.4, -0.2) is 34.6 Å². The number of aryl methyl sites for hydroxylation is 3. The number of anilines is 1. The van der Waals surface area contributed by atoms with Crippen LogP contribution in [0.15, 0.2) is 24.5 Å². The minimum atomic E-state index is -3.91. The molecule has 0 radical (unpaired) electrons. The molecule has 0 bridgehead atoms. The molecule has 0 saturated carbocycles. The van der Waals surface area contributed by atoms with Gasteiger partial charge in [0.15, 0.2) is 0 Å². The van der Waals surface area contributed by atoms with Crippen LogP contribution in [0.5, 0.6) is 0 Å². The molecule has 1 aromatic rings. The Morgan fingerprint density at radius 3 is 2.17 bits per heavy atom. The van der Waals surface area contributed by atoms with Crippen LogP contribution in [0.3, 0.4) is 0 Å². The Kier molecular flexibility index (Phi) is 8.81.